The van der Waals surface area contributed by atoms with Gasteiger partial charge in [0.2, 0.25) is 0 Å². The average Bonchev–Trinajstić information content (AvgIpc) is 3.01. The summed E-state index contributed by atoms with van der Waals surface area (Å²) in [6.45, 7) is 2.50. The molecule has 0 fully saturated rings. The molecule has 146 valence electrons. The van der Waals surface area contributed by atoms with Crippen molar-refractivity contribution in [1.82, 2.24) is 4.90 Å². The van der Waals surface area contributed by atoms with Crippen LogP contribution in [0, 0.1) is 0 Å². The van der Waals surface area contributed by atoms with Crippen molar-refractivity contribution < 1.29 is 9.90 Å². The maximum absolute atomic E-state index is 13.1. The number of aryl methyl sites for hydroxylation is 1. The average molecular weight is 404 g/mol. The molecule has 4 heteroatoms. The molecule has 1 heterocycles. The van der Waals surface area contributed by atoms with Crippen LogP contribution < -0.4 is 0 Å². The predicted octanol–water partition coefficient (Wildman–Crippen LogP) is 5.96. The number of halogens is 1. The molecule has 3 aromatic rings. The highest BCUT2D eigenvalue weighted by molar-refractivity contribution is 6.30. The molecule has 0 spiro atoms. The van der Waals surface area contributed by atoms with Crippen LogP contribution in [0.4, 0.5) is 0 Å². The lowest BCUT2D eigenvalue weighted by Gasteiger charge is -2.27. The second-order valence-electron chi connectivity index (χ2n) is 7.19. The molecule has 0 aliphatic carbocycles. The molecule has 1 amide bonds. The van der Waals surface area contributed by atoms with Gasteiger partial charge in [-0.05, 0) is 40.8 Å². The number of carbonyl (C=O) groups is 1. The zero-order valence-corrected chi connectivity index (χ0v) is 16.9. The predicted molar refractivity (Wildman–Crippen MR) is 117 cm³/mol. The molecular formula is C25H22ClNO2. The number of carbonyl (C=O) groups excluding carboxylic acids is 1. The molecule has 1 atom stereocenters. The number of benzene rings is 3. The summed E-state index contributed by atoms with van der Waals surface area (Å²) in [4.78, 5) is 14.8. The Balaban J connectivity index is 1.79. The molecule has 0 saturated heterocycles. The van der Waals surface area contributed by atoms with E-state index in [1.54, 1.807) is 4.90 Å². The van der Waals surface area contributed by atoms with E-state index >= 15 is 0 Å². The van der Waals surface area contributed by atoms with Gasteiger partial charge in [-0.25, -0.2) is 0 Å². The quantitative estimate of drug-likeness (QED) is 0.571. The van der Waals surface area contributed by atoms with Gasteiger partial charge in [-0.15, -0.1) is 0 Å². The fourth-order valence-corrected chi connectivity index (χ4v) is 3.92. The van der Waals surface area contributed by atoms with Gasteiger partial charge in [0.15, 0.2) is 5.76 Å². The Morgan fingerprint density at radius 2 is 1.52 bits per heavy atom. The molecule has 1 aliphatic rings. The molecule has 0 unspecified atom stereocenters. The van der Waals surface area contributed by atoms with E-state index < -0.39 is 0 Å². The molecule has 0 bridgehead atoms. The lowest BCUT2D eigenvalue weighted by atomic mass is 9.92. The first-order valence-corrected chi connectivity index (χ1v) is 10.1. The van der Waals surface area contributed by atoms with Gasteiger partial charge in [0.25, 0.3) is 5.91 Å². The number of rotatable bonds is 5. The molecule has 4 rings (SSSR count). The third-order valence-corrected chi connectivity index (χ3v) is 5.61. The Morgan fingerprint density at radius 1 is 0.897 bits per heavy atom. The summed E-state index contributed by atoms with van der Waals surface area (Å²) in [6.07, 6.45) is 0.949. The van der Waals surface area contributed by atoms with E-state index in [1.165, 1.54) is 5.56 Å². The first-order valence-electron chi connectivity index (χ1n) is 9.71. The van der Waals surface area contributed by atoms with Crippen LogP contribution in [0.15, 0.2) is 84.6 Å². The summed E-state index contributed by atoms with van der Waals surface area (Å²) in [7, 11) is 0. The van der Waals surface area contributed by atoms with Crippen molar-refractivity contribution in [3.05, 3.63) is 112 Å². The van der Waals surface area contributed by atoms with Crippen molar-refractivity contribution in [2.24, 2.45) is 0 Å². The zero-order chi connectivity index (χ0) is 20.4. The van der Waals surface area contributed by atoms with Gasteiger partial charge < -0.3 is 10.0 Å². The van der Waals surface area contributed by atoms with Crippen LogP contribution in [0.1, 0.15) is 35.2 Å². The van der Waals surface area contributed by atoms with Gasteiger partial charge in [0, 0.05) is 17.1 Å². The van der Waals surface area contributed by atoms with E-state index in [9.17, 15) is 9.90 Å². The maximum atomic E-state index is 13.1. The second kappa shape index (κ2) is 8.14. The standard InChI is InChI=1S/C25H22ClNO2/c1-2-17-8-12-20(13-9-17)23-22(19-6-4-3-5-7-19)24(28)25(29)27(23)16-18-10-14-21(26)15-11-18/h3-15,23,28H,2,16H2,1H3/t23-/m0/s1. The van der Waals surface area contributed by atoms with E-state index in [-0.39, 0.29) is 17.7 Å². The first kappa shape index (κ1) is 19.3. The monoisotopic (exact) mass is 403 g/mol. The van der Waals surface area contributed by atoms with Crippen LogP contribution in [0.2, 0.25) is 5.02 Å². The normalized spacial score (nSPS) is 16.6. The maximum Gasteiger partial charge on any atom is 0.290 e. The van der Waals surface area contributed by atoms with Crippen molar-refractivity contribution in [2.45, 2.75) is 25.9 Å². The number of amides is 1. The van der Waals surface area contributed by atoms with Crippen LogP contribution in [0.3, 0.4) is 0 Å². The molecule has 0 radical (unpaired) electrons. The lowest BCUT2D eigenvalue weighted by molar-refractivity contribution is -0.130. The molecule has 1 aliphatic heterocycles. The Labute approximate surface area is 175 Å². The number of nitrogens with zero attached hydrogens (tertiary/aromatic N) is 1. The summed E-state index contributed by atoms with van der Waals surface area (Å²) >= 11 is 6.01. The molecule has 0 aromatic heterocycles. The van der Waals surface area contributed by atoms with Gasteiger partial charge >= 0.3 is 0 Å². The van der Waals surface area contributed by atoms with Crippen LogP contribution in [-0.4, -0.2) is 15.9 Å². The Hall–Kier alpha value is -3.04. The lowest BCUT2D eigenvalue weighted by Crippen LogP contribution is -2.29. The van der Waals surface area contributed by atoms with Gasteiger partial charge in [0.1, 0.15) is 0 Å². The molecule has 29 heavy (non-hydrogen) atoms. The van der Waals surface area contributed by atoms with Crippen LogP contribution in [-0.2, 0) is 17.8 Å². The minimum Gasteiger partial charge on any atom is -0.503 e. The van der Waals surface area contributed by atoms with Crippen LogP contribution in [0.5, 0.6) is 0 Å². The fraction of sp³-hybridized carbons (Fsp3) is 0.160. The molecule has 3 nitrogen and oxygen atoms in total. The molecule has 0 saturated carbocycles. The largest absolute Gasteiger partial charge is 0.503 e. The van der Waals surface area contributed by atoms with Crippen molar-refractivity contribution in [3.63, 3.8) is 0 Å². The van der Waals surface area contributed by atoms with Crippen molar-refractivity contribution in [1.29, 1.82) is 0 Å². The Bertz CT molecular complexity index is 1040. The molecule has 3 aromatic carbocycles. The van der Waals surface area contributed by atoms with Crippen molar-refractivity contribution in [2.75, 3.05) is 0 Å². The number of aliphatic hydroxyl groups is 1. The zero-order valence-electron chi connectivity index (χ0n) is 16.2. The van der Waals surface area contributed by atoms with Crippen LogP contribution >= 0.6 is 11.6 Å². The first-order chi connectivity index (χ1) is 14.1. The van der Waals surface area contributed by atoms with Gasteiger partial charge in [0.05, 0.1) is 6.04 Å². The minimum absolute atomic E-state index is 0.185. The van der Waals surface area contributed by atoms with E-state index in [0.29, 0.717) is 17.1 Å². The molecule has 1 N–H and O–H groups in total. The topological polar surface area (TPSA) is 40.5 Å². The number of aliphatic hydroxyl groups excluding tert-OH is 1. The van der Waals surface area contributed by atoms with Gasteiger partial charge in [-0.1, -0.05) is 85.3 Å². The summed E-state index contributed by atoms with van der Waals surface area (Å²) in [6, 6.07) is 25.0. The highest BCUT2D eigenvalue weighted by atomic mass is 35.5. The fourth-order valence-electron chi connectivity index (χ4n) is 3.80. The Morgan fingerprint density at radius 3 is 2.14 bits per heavy atom. The number of hydrogen-bond acceptors (Lipinski definition) is 2. The highest BCUT2D eigenvalue weighted by Crippen LogP contribution is 2.43. The van der Waals surface area contributed by atoms with E-state index in [0.717, 1.165) is 23.1 Å². The second-order valence-corrected chi connectivity index (χ2v) is 7.62. The summed E-state index contributed by atoms with van der Waals surface area (Å²) < 4.78 is 0. The van der Waals surface area contributed by atoms with Crippen LogP contribution in [0.25, 0.3) is 5.57 Å². The summed E-state index contributed by atoms with van der Waals surface area (Å²) in [5.74, 6) is -0.543. The van der Waals surface area contributed by atoms with E-state index in [4.69, 9.17) is 11.6 Å². The summed E-state index contributed by atoms with van der Waals surface area (Å²) in [5, 5.41) is 11.5. The number of hydrogen-bond donors (Lipinski definition) is 1. The van der Waals surface area contributed by atoms with Gasteiger partial charge in [-0.3, -0.25) is 4.79 Å². The third kappa shape index (κ3) is 3.79. The van der Waals surface area contributed by atoms with E-state index in [2.05, 4.69) is 19.1 Å². The van der Waals surface area contributed by atoms with Gasteiger partial charge in [-0.2, -0.15) is 0 Å². The smallest absolute Gasteiger partial charge is 0.290 e. The SMILES string of the molecule is CCc1ccc([C@H]2C(c3ccccc3)=C(O)C(=O)N2Cc2ccc(Cl)cc2)cc1. The Kier molecular flexibility index (Phi) is 5.41. The summed E-state index contributed by atoms with van der Waals surface area (Å²) in [5.41, 5.74) is 4.67. The van der Waals surface area contributed by atoms with E-state index in [1.807, 2.05) is 66.7 Å². The third-order valence-electron chi connectivity index (χ3n) is 5.36. The van der Waals surface area contributed by atoms with Crippen molar-refractivity contribution >= 4 is 23.1 Å². The van der Waals surface area contributed by atoms with Crippen molar-refractivity contribution in [3.8, 4) is 0 Å². The minimum atomic E-state index is -0.358. The molecular weight excluding hydrogens is 382 g/mol. The highest BCUT2D eigenvalue weighted by Gasteiger charge is 2.40.